The SMILES string of the molecule is c1cc(-c2cccnc2-c2cccc(-c3cccc4c3sc3ccccc34)c2)cc(-c2cccc3c2sc2ccccc23)c1. The van der Waals surface area contributed by atoms with Crippen LogP contribution in [0.1, 0.15) is 0 Å². The van der Waals surface area contributed by atoms with Gasteiger partial charge in [0, 0.05) is 57.7 Å². The third kappa shape index (κ3) is 4.09. The zero-order chi connectivity index (χ0) is 29.0. The highest BCUT2D eigenvalue weighted by molar-refractivity contribution is 7.26. The zero-order valence-electron chi connectivity index (χ0n) is 23.7. The van der Waals surface area contributed by atoms with Gasteiger partial charge in [-0.1, -0.05) is 115 Å². The van der Waals surface area contributed by atoms with E-state index < -0.39 is 0 Å². The van der Waals surface area contributed by atoms with Crippen molar-refractivity contribution in [2.24, 2.45) is 0 Å². The van der Waals surface area contributed by atoms with E-state index in [1.165, 1.54) is 68.2 Å². The van der Waals surface area contributed by atoms with Gasteiger partial charge in [0.05, 0.1) is 5.69 Å². The van der Waals surface area contributed by atoms with E-state index in [1.54, 1.807) is 0 Å². The van der Waals surface area contributed by atoms with Gasteiger partial charge in [-0.05, 0) is 58.1 Å². The predicted molar refractivity (Wildman–Crippen MR) is 192 cm³/mol. The number of pyridine rings is 1. The maximum atomic E-state index is 4.94. The highest BCUT2D eigenvalue weighted by atomic mass is 32.1. The first-order chi connectivity index (χ1) is 21.8. The van der Waals surface area contributed by atoms with Crippen molar-refractivity contribution in [3.8, 4) is 44.6 Å². The number of hydrogen-bond donors (Lipinski definition) is 0. The standard InChI is InChI=1S/C41H25NS2/c1-3-21-37-33(14-1)35-18-7-16-31(40(35)43-37)27-11-5-10-26(24-27)30-20-9-23-42-39(30)29-13-6-12-28(25-29)32-17-8-19-36-34-15-2-4-22-38(34)44-41(32)36/h1-25H. The molecule has 44 heavy (non-hydrogen) atoms. The Bertz CT molecular complexity index is 2340. The van der Waals surface area contributed by atoms with Crippen molar-refractivity contribution in [3.63, 3.8) is 0 Å². The molecule has 0 atom stereocenters. The van der Waals surface area contributed by atoms with Gasteiger partial charge < -0.3 is 0 Å². The number of nitrogens with zero attached hydrogens (tertiary/aromatic N) is 1. The number of benzene rings is 6. The molecule has 0 fully saturated rings. The molecular weight excluding hydrogens is 571 g/mol. The third-order valence-corrected chi connectivity index (χ3v) is 11.0. The van der Waals surface area contributed by atoms with Gasteiger partial charge in [0.2, 0.25) is 0 Å². The van der Waals surface area contributed by atoms with Gasteiger partial charge in [0.25, 0.3) is 0 Å². The molecule has 0 aliphatic carbocycles. The molecule has 3 heterocycles. The Balaban J connectivity index is 1.16. The second-order valence-electron chi connectivity index (χ2n) is 11.1. The lowest BCUT2D eigenvalue weighted by Crippen LogP contribution is -1.90. The van der Waals surface area contributed by atoms with E-state index in [1.807, 2.05) is 34.9 Å². The minimum atomic E-state index is 0.995. The van der Waals surface area contributed by atoms with Crippen molar-refractivity contribution in [2.45, 2.75) is 0 Å². The van der Waals surface area contributed by atoms with Gasteiger partial charge in [-0.25, -0.2) is 0 Å². The van der Waals surface area contributed by atoms with Crippen LogP contribution in [-0.4, -0.2) is 4.98 Å². The number of fused-ring (bicyclic) bond motifs is 6. The van der Waals surface area contributed by atoms with Crippen molar-refractivity contribution in [3.05, 3.63) is 152 Å². The van der Waals surface area contributed by atoms with Crippen molar-refractivity contribution in [2.75, 3.05) is 0 Å². The van der Waals surface area contributed by atoms with E-state index in [0.29, 0.717) is 0 Å². The summed E-state index contributed by atoms with van der Waals surface area (Å²) in [7, 11) is 0. The van der Waals surface area contributed by atoms with E-state index >= 15 is 0 Å². The van der Waals surface area contributed by atoms with Crippen molar-refractivity contribution in [1.29, 1.82) is 0 Å². The molecule has 0 saturated carbocycles. The van der Waals surface area contributed by atoms with Crippen LogP contribution in [0, 0.1) is 0 Å². The highest BCUT2D eigenvalue weighted by Crippen LogP contribution is 2.43. The molecule has 9 aromatic rings. The van der Waals surface area contributed by atoms with Crippen LogP contribution in [0.25, 0.3) is 85.0 Å². The molecule has 0 amide bonds. The summed E-state index contributed by atoms with van der Waals surface area (Å²) < 4.78 is 5.31. The molecule has 0 spiro atoms. The number of rotatable bonds is 4. The Hall–Kier alpha value is -5.09. The first-order valence-corrected chi connectivity index (χ1v) is 16.4. The average molecular weight is 596 g/mol. The molecule has 9 rings (SSSR count). The normalized spacial score (nSPS) is 11.6. The molecule has 0 radical (unpaired) electrons. The van der Waals surface area contributed by atoms with Crippen LogP contribution in [0.3, 0.4) is 0 Å². The van der Waals surface area contributed by atoms with Crippen LogP contribution < -0.4 is 0 Å². The molecule has 0 aliphatic heterocycles. The Labute approximate surface area is 263 Å². The molecule has 0 N–H and O–H groups in total. The molecule has 6 aromatic carbocycles. The minimum Gasteiger partial charge on any atom is -0.256 e. The average Bonchev–Trinajstić information content (AvgIpc) is 3.67. The smallest absolute Gasteiger partial charge is 0.0780 e. The van der Waals surface area contributed by atoms with E-state index in [2.05, 4.69) is 140 Å². The summed E-state index contributed by atoms with van der Waals surface area (Å²) in [6, 6.07) is 52.8. The van der Waals surface area contributed by atoms with Gasteiger partial charge in [-0.3, -0.25) is 4.98 Å². The summed E-state index contributed by atoms with van der Waals surface area (Å²) in [4.78, 5) is 4.94. The molecule has 3 heteroatoms. The van der Waals surface area contributed by atoms with Gasteiger partial charge in [-0.15, -0.1) is 22.7 Å². The Kier molecular flexibility index (Phi) is 5.93. The quantitative estimate of drug-likeness (QED) is 0.197. The molecule has 1 nitrogen and oxygen atoms in total. The molecular formula is C41H25NS2. The molecule has 0 saturated heterocycles. The first-order valence-electron chi connectivity index (χ1n) is 14.8. The maximum Gasteiger partial charge on any atom is 0.0780 e. The van der Waals surface area contributed by atoms with Crippen molar-refractivity contribution >= 4 is 63.0 Å². The maximum absolute atomic E-state index is 4.94. The summed E-state index contributed by atoms with van der Waals surface area (Å²) in [6.07, 6.45) is 1.90. The minimum absolute atomic E-state index is 0.995. The highest BCUT2D eigenvalue weighted by Gasteiger charge is 2.15. The number of thiophene rings is 2. The fraction of sp³-hybridized carbons (Fsp3) is 0. The molecule has 0 unspecified atom stereocenters. The summed E-state index contributed by atoms with van der Waals surface area (Å²) in [5.41, 5.74) is 9.39. The lowest BCUT2D eigenvalue weighted by Gasteiger charge is -2.12. The lowest BCUT2D eigenvalue weighted by molar-refractivity contribution is 1.33. The van der Waals surface area contributed by atoms with Gasteiger partial charge in [-0.2, -0.15) is 0 Å². The topological polar surface area (TPSA) is 12.9 Å². The van der Waals surface area contributed by atoms with Crippen molar-refractivity contribution in [1.82, 2.24) is 4.98 Å². The van der Waals surface area contributed by atoms with Crippen LogP contribution in [0.4, 0.5) is 0 Å². The number of hydrogen-bond acceptors (Lipinski definition) is 3. The molecule has 0 bridgehead atoms. The third-order valence-electron chi connectivity index (χ3n) is 8.55. The molecule has 3 aromatic heterocycles. The van der Waals surface area contributed by atoms with Crippen LogP contribution in [0.5, 0.6) is 0 Å². The van der Waals surface area contributed by atoms with Crippen LogP contribution in [0.2, 0.25) is 0 Å². The lowest BCUT2D eigenvalue weighted by atomic mass is 9.94. The summed E-state index contributed by atoms with van der Waals surface area (Å²) in [5, 5.41) is 5.29. The first kappa shape index (κ1) is 25.4. The van der Waals surface area contributed by atoms with Crippen molar-refractivity contribution < 1.29 is 0 Å². The molecule has 0 aliphatic rings. The predicted octanol–water partition coefficient (Wildman–Crippen LogP) is 12.5. The van der Waals surface area contributed by atoms with Crippen LogP contribution in [0.15, 0.2) is 152 Å². The Morgan fingerprint density at radius 2 is 0.818 bits per heavy atom. The Morgan fingerprint density at radius 1 is 0.364 bits per heavy atom. The fourth-order valence-corrected chi connectivity index (χ4v) is 8.98. The summed E-state index contributed by atoms with van der Waals surface area (Å²) in [5.74, 6) is 0. The number of aromatic nitrogens is 1. The molecule has 206 valence electrons. The van der Waals surface area contributed by atoms with Gasteiger partial charge >= 0.3 is 0 Å². The van der Waals surface area contributed by atoms with Crippen LogP contribution in [-0.2, 0) is 0 Å². The second-order valence-corrected chi connectivity index (χ2v) is 13.2. The van der Waals surface area contributed by atoms with E-state index in [0.717, 1.165) is 16.8 Å². The van der Waals surface area contributed by atoms with Gasteiger partial charge in [0.15, 0.2) is 0 Å². The summed E-state index contributed by atoms with van der Waals surface area (Å²) in [6.45, 7) is 0. The van der Waals surface area contributed by atoms with E-state index in [9.17, 15) is 0 Å². The summed E-state index contributed by atoms with van der Waals surface area (Å²) >= 11 is 3.75. The zero-order valence-corrected chi connectivity index (χ0v) is 25.3. The van der Waals surface area contributed by atoms with E-state index in [-0.39, 0.29) is 0 Å². The van der Waals surface area contributed by atoms with Gasteiger partial charge in [0.1, 0.15) is 0 Å². The van der Waals surface area contributed by atoms with Crippen LogP contribution >= 0.6 is 22.7 Å². The van der Waals surface area contributed by atoms with E-state index in [4.69, 9.17) is 4.98 Å². The Morgan fingerprint density at radius 3 is 1.43 bits per heavy atom. The largest absolute Gasteiger partial charge is 0.256 e. The second kappa shape index (κ2) is 10.3. The fourth-order valence-electron chi connectivity index (χ4n) is 6.51. The monoisotopic (exact) mass is 595 g/mol.